The van der Waals surface area contributed by atoms with Crippen molar-refractivity contribution < 1.29 is 9.59 Å². The number of hydrogen-bond donors (Lipinski definition) is 1. The van der Waals surface area contributed by atoms with Crippen LogP contribution in [0.4, 0.5) is 5.69 Å². The summed E-state index contributed by atoms with van der Waals surface area (Å²) < 4.78 is 2.44. The SMILES string of the molecule is CCc1cn(C2CCC2)c2cc(N(C)CCC(=O)NC=O)ccc12. The molecule has 1 heterocycles. The van der Waals surface area contributed by atoms with E-state index in [0.29, 0.717) is 25.4 Å². The molecule has 1 saturated carbocycles. The Labute approximate surface area is 142 Å². The van der Waals surface area contributed by atoms with Gasteiger partial charge >= 0.3 is 0 Å². The maximum Gasteiger partial charge on any atom is 0.228 e. The van der Waals surface area contributed by atoms with Crippen LogP contribution in [0.25, 0.3) is 10.9 Å². The van der Waals surface area contributed by atoms with Gasteiger partial charge in [-0.1, -0.05) is 13.0 Å². The normalized spacial score (nSPS) is 14.4. The number of nitrogens with one attached hydrogen (secondary N) is 1. The molecule has 0 atom stereocenters. The van der Waals surface area contributed by atoms with Gasteiger partial charge in [0.25, 0.3) is 0 Å². The first kappa shape index (κ1) is 16.6. The van der Waals surface area contributed by atoms with Crippen molar-refractivity contribution >= 4 is 28.9 Å². The number of carbonyl (C=O) groups excluding carboxylic acids is 2. The van der Waals surface area contributed by atoms with E-state index in [1.807, 2.05) is 7.05 Å². The van der Waals surface area contributed by atoms with Crippen LogP contribution >= 0.6 is 0 Å². The van der Waals surface area contributed by atoms with Gasteiger partial charge in [0.1, 0.15) is 0 Å². The molecule has 0 spiro atoms. The molecule has 1 aromatic carbocycles. The molecule has 1 aliphatic rings. The summed E-state index contributed by atoms with van der Waals surface area (Å²) in [5, 5.41) is 3.52. The minimum atomic E-state index is -0.246. The number of anilines is 1. The van der Waals surface area contributed by atoms with Gasteiger partial charge in [-0.05, 0) is 43.4 Å². The smallest absolute Gasteiger partial charge is 0.228 e. The van der Waals surface area contributed by atoms with E-state index >= 15 is 0 Å². The van der Waals surface area contributed by atoms with Crippen LogP contribution in [0.5, 0.6) is 0 Å². The molecule has 1 fully saturated rings. The Kier molecular flexibility index (Phi) is 4.88. The van der Waals surface area contributed by atoms with Gasteiger partial charge in [-0.2, -0.15) is 0 Å². The lowest BCUT2D eigenvalue weighted by molar-refractivity contribution is -0.125. The second kappa shape index (κ2) is 7.07. The van der Waals surface area contributed by atoms with Gasteiger partial charge in [-0.15, -0.1) is 0 Å². The van der Waals surface area contributed by atoms with E-state index in [-0.39, 0.29) is 5.91 Å². The number of aromatic nitrogens is 1. The fourth-order valence-corrected chi connectivity index (χ4v) is 3.33. The van der Waals surface area contributed by atoms with Crippen LogP contribution in [0, 0.1) is 0 Å². The number of carbonyl (C=O) groups is 2. The van der Waals surface area contributed by atoms with Gasteiger partial charge < -0.3 is 9.47 Å². The third-order valence-electron chi connectivity index (χ3n) is 5.08. The first-order valence-electron chi connectivity index (χ1n) is 8.71. The fourth-order valence-electron chi connectivity index (χ4n) is 3.33. The fraction of sp³-hybridized carbons (Fsp3) is 0.474. The number of amides is 2. The second-order valence-corrected chi connectivity index (χ2v) is 6.56. The Balaban J connectivity index is 1.84. The molecule has 5 heteroatoms. The van der Waals surface area contributed by atoms with E-state index in [4.69, 9.17) is 0 Å². The topological polar surface area (TPSA) is 54.3 Å². The molecular formula is C19H25N3O2. The monoisotopic (exact) mass is 327 g/mol. The summed E-state index contributed by atoms with van der Waals surface area (Å²) in [5.41, 5.74) is 3.79. The lowest BCUT2D eigenvalue weighted by atomic mass is 9.93. The summed E-state index contributed by atoms with van der Waals surface area (Å²) >= 11 is 0. The highest BCUT2D eigenvalue weighted by Gasteiger charge is 2.22. The molecule has 0 radical (unpaired) electrons. The molecule has 1 aliphatic carbocycles. The van der Waals surface area contributed by atoms with Gasteiger partial charge in [-0.25, -0.2) is 0 Å². The second-order valence-electron chi connectivity index (χ2n) is 6.56. The number of rotatable bonds is 7. The van der Waals surface area contributed by atoms with E-state index in [1.54, 1.807) is 0 Å². The highest BCUT2D eigenvalue weighted by Crippen LogP contribution is 2.37. The van der Waals surface area contributed by atoms with Crippen molar-refractivity contribution in [2.24, 2.45) is 0 Å². The minimum Gasteiger partial charge on any atom is -0.374 e. The van der Waals surface area contributed by atoms with Crippen molar-refractivity contribution in [3.63, 3.8) is 0 Å². The lowest BCUT2D eigenvalue weighted by Crippen LogP contribution is -2.27. The molecule has 0 aliphatic heterocycles. The Morgan fingerprint density at radius 1 is 1.42 bits per heavy atom. The summed E-state index contributed by atoms with van der Waals surface area (Å²) in [6, 6.07) is 7.17. The van der Waals surface area contributed by atoms with Gasteiger partial charge in [0.15, 0.2) is 0 Å². The van der Waals surface area contributed by atoms with Crippen molar-refractivity contribution in [1.82, 2.24) is 9.88 Å². The van der Waals surface area contributed by atoms with Gasteiger partial charge in [0, 0.05) is 43.3 Å². The molecule has 1 aromatic heterocycles. The first-order valence-corrected chi connectivity index (χ1v) is 8.71. The summed E-state index contributed by atoms with van der Waals surface area (Å²) in [6.45, 7) is 2.78. The lowest BCUT2D eigenvalue weighted by Gasteiger charge is -2.28. The zero-order chi connectivity index (χ0) is 17.1. The predicted octanol–water partition coefficient (Wildman–Crippen LogP) is 3.03. The number of fused-ring (bicyclic) bond motifs is 1. The summed E-state index contributed by atoms with van der Waals surface area (Å²) in [6.07, 6.45) is 7.94. The summed E-state index contributed by atoms with van der Waals surface area (Å²) in [4.78, 5) is 23.8. The molecule has 128 valence electrons. The maximum atomic E-state index is 11.5. The number of imide groups is 1. The molecule has 2 aromatic rings. The molecule has 0 saturated heterocycles. The van der Waals surface area contributed by atoms with Crippen molar-refractivity contribution in [2.75, 3.05) is 18.5 Å². The molecule has 0 bridgehead atoms. The van der Waals surface area contributed by atoms with E-state index in [2.05, 4.69) is 46.1 Å². The van der Waals surface area contributed by atoms with E-state index in [0.717, 1.165) is 12.1 Å². The van der Waals surface area contributed by atoms with Crippen LogP contribution < -0.4 is 10.2 Å². The molecule has 3 rings (SSSR count). The average molecular weight is 327 g/mol. The molecule has 24 heavy (non-hydrogen) atoms. The van der Waals surface area contributed by atoms with Crippen LogP contribution in [-0.4, -0.2) is 30.5 Å². The maximum absolute atomic E-state index is 11.5. The summed E-state index contributed by atoms with van der Waals surface area (Å²) in [5.74, 6) is -0.246. The Hall–Kier alpha value is -2.30. The van der Waals surface area contributed by atoms with Crippen molar-refractivity contribution in [2.45, 2.75) is 45.1 Å². The Bertz CT molecular complexity index is 746. The Morgan fingerprint density at radius 2 is 2.21 bits per heavy atom. The Morgan fingerprint density at radius 3 is 2.83 bits per heavy atom. The third kappa shape index (κ3) is 3.16. The van der Waals surface area contributed by atoms with Crippen molar-refractivity contribution in [3.8, 4) is 0 Å². The van der Waals surface area contributed by atoms with Crippen LogP contribution in [0.1, 0.15) is 44.2 Å². The van der Waals surface area contributed by atoms with E-state index in [1.165, 1.54) is 35.7 Å². The first-order chi connectivity index (χ1) is 11.6. The average Bonchev–Trinajstić information content (AvgIpc) is 2.89. The highest BCUT2D eigenvalue weighted by molar-refractivity contribution is 5.88. The number of nitrogens with zero attached hydrogens (tertiary/aromatic N) is 2. The standard InChI is InChI=1S/C19H25N3O2/c1-3-14-12-22(15-5-4-6-15)18-11-16(7-8-17(14)18)21(2)10-9-19(24)20-13-23/h7-8,11-13,15H,3-6,9-10H2,1-2H3,(H,20,23,24). The number of aryl methyl sites for hydroxylation is 1. The van der Waals surface area contributed by atoms with Crippen LogP contribution in [0.15, 0.2) is 24.4 Å². The quantitative estimate of drug-likeness (QED) is 0.795. The van der Waals surface area contributed by atoms with Crippen LogP contribution in [0.2, 0.25) is 0 Å². The van der Waals surface area contributed by atoms with Crippen molar-refractivity contribution in [3.05, 3.63) is 30.0 Å². The zero-order valence-corrected chi connectivity index (χ0v) is 14.4. The number of benzene rings is 1. The molecule has 5 nitrogen and oxygen atoms in total. The minimum absolute atomic E-state index is 0.246. The molecule has 1 N–H and O–H groups in total. The molecule has 0 unspecified atom stereocenters. The van der Waals surface area contributed by atoms with Crippen molar-refractivity contribution in [1.29, 1.82) is 0 Å². The highest BCUT2D eigenvalue weighted by atomic mass is 16.2. The third-order valence-corrected chi connectivity index (χ3v) is 5.08. The van der Waals surface area contributed by atoms with E-state index in [9.17, 15) is 9.59 Å². The van der Waals surface area contributed by atoms with Gasteiger partial charge in [0.2, 0.25) is 12.3 Å². The molecular weight excluding hydrogens is 302 g/mol. The van der Waals surface area contributed by atoms with Gasteiger partial charge in [-0.3, -0.25) is 14.9 Å². The van der Waals surface area contributed by atoms with Crippen LogP contribution in [-0.2, 0) is 16.0 Å². The van der Waals surface area contributed by atoms with E-state index < -0.39 is 0 Å². The van der Waals surface area contributed by atoms with Crippen LogP contribution in [0.3, 0.4) is 0 Å². The van der Waals surface area contributed by atoms with Gasteiger partial charge in [0.05, 0.1) is 5.52 Å². The number of hydrogen-bond acceptors (Lipinski definition) is 3. The molecule has 2 amide bonds. The zero-order valence-electron chi connectivity index (χ0n) is 14.4. The largest absolute Gasteiger partial charge is 0.374 e. The predicted molar refractivity (Wildman–Crippen MR) is 96.3 cm³/mol. The summed E-state index contributed by atoms with van der Waals surface area (Å²) in [7, 11) is 1.98.